The summed E-state index contributed by atoms with van der Waals surface area (Å²) in [5.74, 6) is 0.828. The van der Waals surface area contributed by atoms with Crippen LogP contribution < -0.4 is 4.90 Å². The largest absolute Gasteiger partial charge is 0.378 e. The summed E-state index contributed by atoms with van der Waals surface area (Å²) >= 11 is 0. The minimum absolute atomic E-state index is 0.772. The van der Waals surface area contributed by atoms with Crippen molar-refractivity contribution in [2.24, 2.45) is 0 Å². The lowest BCUT2D eigenvalue weighted by atomic mass is 10.2. The van der Waals surface area contributed by atoms with E-state index in [1.54, 1.807) is 0 Å². The lowest BCUT2D eigenvalue weighted by molar-refractivity contribution is 0.122. The zero-order valence-electron chi connectivity index (χ0n) is 11.3. The number of aromatic nitrogens is 2. The maximum Gasteiger partial charge on any atom is 0.225 e. The lowest BCUT2D eigenvalue weighted by Crippen LogP contribution is -2.37. The Bertz CT molecular complexity index is 347. The monoisotopic (exact) mass is 250 g/mol. The van der Waals surface area contributed by atoms with Crippen LogP contribution in [0.5, 0.6) is 0 Å². The van der Waals surface area contributed by atoms with Crippen LogP contribution in [0.2, 0.25) is 0 Å². The fourth-order valence-electron chi connectivity index (χ4n) is 2.00. The van der Waals surface area contributed by atoms with Crippen LogP contribution in [0.4, 0.5) is 5.95 Å². The van der Waals surface area contributed by atoms with Gasteiger partial charge in [0.2, 0.25) is 5.95 Å². The van der Waals surface area contributed by atoms with E-state index in [9.17, 15) is 0 Å². The van der Waals surface area contributed by atoms with Gasteiger partial charge in [0, 0.05) is 25.5 Å². The van der Waals surface area contributed by atoms with E-state index in [1.807, 2.05) is 12.4 Å². The summed E-state index contributed by atoms with van der Waals surface area (Å²) in [6, 6.07) is 0. The Morgan fingerprint density at radius 1 is 1.22 bits per heavy atom. The van der Waals surface area contributed by atoms with Crippen LogP contribution >= 0.6 is 0 Å². The molecule has 1 aromatic heterocycles. The number of aryl methyl sites for hydroxylation is 1. The highest BCUT2D eigenvalue weighted by atomic mass is 16.5. The molecule has 0 bridgehead atoms. The molecule has 0 N–H and O–H groups in total. The Labute approximate surface area is 109 Å². The molecule has 0 saturated carbocycles. The van der Waals surface area contributed by atoms with Crippen molar-refractivity contribution in [2.45, 2.75) is 12.8 Å². The molecule has 1 saturated heterocycles. The Hall–Kier alpha value is -1.20. The first-order chi connectivity index (χ1) is 8.75. The second-order valence-corrected chi connectivity index (χ2v) is 4.90. The highest BCUT2D eigenvalue weighted by molar-refractivity contribution is 5.30. The predicted molar refractivity (Wildman–Crippen MR) is 71.9 cm³/mol. The van der Waals surface area contributed by atoms with Gasteiger partial charge in [-0.25, -0.2) is 9.97 Å². The van der Waals surface area contributed by atoms with Crippen molar-refractivity contribution in [3.63, 3.8) is 0 Å². The van der Waals surface area contributed by atoms with E-state index in [-0.39, 0.29) is 0 Å². The van der Waals surface area contributed by atoms with Gasteiger partial charge >= 0.3 is 0 Å². The van der Waals surface area contributed by atoms with E-state index in [0.717, 1.165) is 51.6 Å². The van der Waals surface area contributed by atoms with Crippen LogP contribution in [0.1, 0.15) is 12.0 Å². The highest BCUT2D eigenvalue weighted by Crippen LogP contribution is 2.10. The van der Waals surface area contributed by atoms with Gasteiger partial charge in [-0.2, -0.15) is 0 Å². The molecule has 2 heterocycles. The number of hydrogen-bond donors (Lipinski definition) is 0. The van der Waals surface area contributed by atoms with Gasteiger partial charge < -0.3 is 14.5 Å². The molecule has 0 amide bonds. The van der Waals surface area contributed by atoms with Crippen LogP contribution in [-0.2, 0) is 11.2 Å². The van der Waals surface area contributed by atoms with Crippen molar-refractivity contribution in [2.75, 3.05) is 51.8 Å². The molecule has 18 heavy (non-hydrogen) atoms. The van der Waals surface area contributed by atoms with E-state index in [1.165, 1.54) is 5.56 Å². The number of morpholine rings is 1. The molecule has 100 valence electrons. The Balaban J connectivity index is 1.84. The first-order valence-electron chi connectivity index (χ1n) is 6.54. The molecule has 0 aromatic carbocycles. The lowest BCUT2D eigenvalue weighted by Gasteiger charge is -2.26. The third-order valence-corrected chi connectivity index (χ3v) is 3.06. The number of nitrogens with zero attached hydrogens (tertiary/aromatic N) is 4. The van der Waals surface area contributed by atoms with Gasteiger partial charge in [0.25, 0.3) is 0 Å². The first-order valence-corrected chi connectivity index (χ1v) is 6.54. The zero-order valence-corrected chi connectivity index (χ0v) is 11.3. The standard InChI is InChI=1S/C13H22N4O/c1-16(2)5-3-4-12-10-14-13(15-11-12)17-6-8-18-9-7-17/h10-11H,3-9H2,1-2H3. The van der Waals surface area contributed by atoms with Gasteiger partial charge in [-0.05, 0) is 39.0 Å². The van der Waals surface area contributed by atoms with Crippen LogP contribution in [0.15, 0.2) is 12.4 Å². The quantitative estimate of drug-likeness (QED) is 0.773. The fraction of sp³-hybridized carbons (Fsp3) is 0.692. The number of hydrogen-bond acceptors (Lipinski definition) is 5. The summed E-state index contributed by atoms with van der Waals surface area (Å²) in [4.78, 5) is 13.3. The minimum atomic E-state index is 0.772. The van der Waals surface area contributed by atoms with E-state index < -0.39 is 0 Å². The minimum Gasteiger partial charge on any atom is -0.378 e. The van der Waals surface area contributed by atoms with Crippen molar-refractivity contribution < 1.29 is 4.74 Å². The van der Waals surface area contributed by atoms with Crippen molar-refractivity contribution in [3.05, 3.63) is 18.0 Å². The van der Waals surface area contributed by atoms with Crippen LogP contribution in [-0.4, -0.2) is 61.8 Å². The Morgan fingerprint density at radius 3 is 2.50 bits per heavy atom. The fourth-order valence-corrected chi connectivity index (χ4v) is 2.00. The van der Waals surface area contributed by atoms with Crippen molar-refractivity contribution in [1.82, 2.24) is 14.9 Å². The molecular weight excluding hydrogens is 228 g/mol. The molecule has 1 fully saturated rings. The van der Waals surface area contributed by atoms with Gasteiger partial charge in [0.1, 0.15) is 0 Å². The average molecular weight is 250 g/mol. The van der Waals surface area contributed by atoms with Crippen LogP contribution in [0, 0.1) is 0 Å². The predicted octanol–water partition coefficient (Wildman–Crippen LogP) is 0.807. The van der Waals surface area contributed by atoms with E-state index >= 15 is 0 Å². The van der Waals surface area contributed by atoms with Gasteiger partial charge in [-0.15, -0.1) is 0 Å². The molecule has 5 nitrogen and oxygen atoms in total. The van der Waals surface area contributed by atoms with Gasteiger partial charge in [0.15, 0.2) is 0 Å². The Morgan fingerprint density at radius 2 is 1.89 bits per heavy atom. The molecule has 1 aliphatic rings. The SMILES string of the molecule is CN(C)CCCc1cnc(N2CCOCC2)nc1. The summed E-state index contributed by atoms with van der Waals surface area (Å²) in [6.07, 6.45) is 6.09. The smallest absolute Gasteiger partial charge is 0.225 e. The summed E-state index contributed by atoms with van der Waals surface area (Å²) in [7, 11) is 4.19. The number of ether oxygens (including phenoxy) is 1. The first kappa shape index (κ1) is 13.2. The Kier molecular flexibility index (Phi) is 4.90. The van der Waals surface area contributed by atoms with E-state index in [2.05, 4.69) is 33.9 Å². The summed E-state index contributed by atoms with van der Waals surface area (Å²) < 4.78 is 5.32. The topological polar surface area (TPSA) is 41.5 Å². The third-order valence-electron chi connectivity index (χ3n) is 3.06. The van der Waals surface area contributed by atoms with Crippen molar-refractivity contribution >= 4 is 5.95 Å². The molecular formula is C13H22N4O. The normalized spacial score (nSPS) is 16.3. The molecule has 5 heteroatoms. The average Bonchev–Trinajstić information content (AvgIpc) is 2.40. The molecule has 0 radical (unpaired) electrons. The number of rotatable bonds is 5. The maximum atomic E-state index is 5.32. The van der Waals surface area contributed by atoms with Crippen molar-refractivity contribution in [1.29, 1.82) is 0 Å². The second-order valence-electron chi connectivity index (χ2n) is 4.90. The zero-order chi connectivity index (χ0) is 12.8. The molecule has 0 atom stereocenters. The molecule has 0 spiro atoms. The summed E-state index contributed by atoms with van der Waals surface area (Å²) in [5.41, 5.74) is 1.22. The molecule has 1 aromatic rings. The maximum absolute atomic E-state index is 5.32. The summed E-state index contributed by atoms with van der Waals surface area (Å²) in [6.45, 7) is 4.42. The third kappa shape index (κ3) is 3.92. The van der Waals surface area contributed by atoms with Crippen molar-refractivity contribution in [3.8, 4) is 0 Å². The number of anilines is 1. The second kappa shape index (κ2) is 6.66. The molecule has 0 unspecified atom stereocenters. The molecule has 1 aliphatic heterocycles. The van der Waals surface area contributed by atoms with Gasteiger partial charge in [0.05, 0.1) is 13.2 Å². The molecule has 2 rings (SSSR count). The van der Waals surface area contributed by atoms with Crippen LogP contribution in [0.25, 0.3) is 0 Å². The molecule has 0 aliphatic carbocycles. The van der Waals surface area contributed by atoms with Gasteiger partial charge in [-0.3, -0.25) is 0 Å². The highest BCUT2D eigenvalue weighted by Gasteiger charge is 2.13. The van der Waals surface area contributed by atoms with Gasteiger partial charge in [-0.1, -0.05) is 0 Å². The van der Waals surface area contributed by atoms with E-state index in [4.69, 9.17) is 4.74 Å². The van der Waals surface area contributed by atoms with E-state index in [0.29, 0.717) is 0 Å². The summed E-state index contributed by atoms with van der Waals surface area (Å²) in [5, 5.41) is 0. The van der Waals surface area contributed by atoms with Crippen LogP contribution in [0.3, 0.4) is 0 Å².